The van der Waals surface area contributed by atoms with E-state index in [-0.39, 0.29) is 11.7 Å². The van der Waals surface area contributed by atoms with E-state index in [0.29, 0.717) is 34.1 Å². The van der Waals surface area contributed by atoms with Crippen LogP contribution in [0.25, 0.3) is 5.57 Å². The van der Waals surface area contributed by atoms with E-state index in [9.17, 15) is 9.59 Å². The molecule has 22 heavy (non-hydrogen) atoms. The van der Waals surface area contributed by atoms with E-state index in [0.717, 1.165) is 0 Å². The van der Waals surface area contributed by atoms with Crippen molar-refractivity contribution in [3.63, 3.8) is 0 Å². The summed E-state index contributed by atoms with van der Waals surface area (Å²) in [5, 5.41) is 3.53. The minimum Gasteiger partial charge on any atom is -0.356 e. The molecule has 115 valence electrons. The summed E-state index contributed by atoms with van der Waals surface area (Å²) in [5.41, 5.74) is 0.355. The summed E-state index contributed by atoms with van der Waals surface area (Å²) in [4.78, 5) is 23.7. The lowest BCUT2D eigenvalue weighted by molar-refractivity contribution is -0.121. The van der Waals surface area contributed by atoms with E-state index < -0.39 is 5.41 Å². The van der Waals surface area contributed by atoms with Gasteiger partial charge in [-0.15, -0.1) is 0 Å². The SMILES string of the molecule is [CH2]C1(CCNC(C)=O)C=CC=C(c2ccc(Cl)c(Cl)c2)C1=O. The van der Waals surface area contributed by atoms with Gasteiger partial charge in [-0.25, -0.2) is 0 Å². The first-order valence-electron chi connectivity index (χ1n) is 6.83. The molecular weight excluding hydrogens is 321 g/mol. The molecule has 5 heteroatoms. The number of hydrogen-bond acceptors (Lipinski definition) is 2. The number of nitrogens with one attached hydrogen (secondary N) is 1. The summed E-state index contributed by atoms with van der Waals surface area (Å²) < 4.78 is 0. The lowest BCUT2D eigenvalue weighted by Crippen LogP contribution is -2.33. The molecule has 1 aliphatic rings. The predicted octanol–water partition coefficient (Wildman–Crippen LogP) is 3.86. The van der Waals surface area contributed by atoms with Crippen LogP contribution in [0.5, 0.6) is 0 Å². The second-order valence-electron chi connectivity index (χ2n) is 5.29. The first-order valence-corrected chi connectivity index (χ1v) is 7.58. The van der Waals surface area contributed by atoms with Crippen molar-refractivity contribution in [3.05, 3.63) is 59.0 Å². The van der Waals surface area contributed by atoms with Gasteiger partial charge >= 0.3 is 0 Å². The third kappa shape index (κ3) is 3.60. The van der Waals surface area contributed by atoms with Crippen molar-refractivity contribution in [2.24, 2.45) is 5.41 Å². The number of allylic oxidation sites excluding steroid dienone is 4. The Morgan fingerprint density at radius 3 is 2.68 bits per heavy atom. The Balaban J connectivity index is 2.22. The maximum Gasteiger partial charge on any atom is 0.216 e. The van der Waals surface area contributed by atoms with Crippen LogP contribution in [0.4, 0.5) is 0 Å². The molecule has 0 fully saturated rings. The van der Waals surface area contributed by atoms with Crippen molar-refractivity contribution in [1.82, 2.24) is 5.32 Å². The van der Waals surface area contributed by atoms with Crippen LogP contribution in [0.1, 0.15) is 18.9 Å². The standard InChI is InChI=1S/C17H16Cl2NO2/c1-11(21)20-9-8-17(2)7-3-4-13(16(17)22)12-5-6-14(18)15(19)10-12/h3-7,10H,2,8-9H2,1H3,(H,20,21). The number of ketones is 1. The highest BCUT2D eigenvalue weighted by Gasteiger charge is 2.34. The second kappa shape index (κ2) is 6.67. The molecule has 1 unspecified atom stereocenters. The average molecular weight is 337 g/mol. The zero-order valence-electron chi connectivity index (χ0n) is 12.2. The Hall–Kier alpha value is -1.58. The van der Waals surface area contributed by atoms with Crippen molar-refractivity contribution >= 4 is 40.5 Å². The van der Waals surface area contributed by atoms with Crippen molar-refractivity contribution in [1.29, 1.82) is 0 Å². The fourth-order valence-electron chi connectivity index (χ4n) is 2.30. The van der Waals surface area contributed by atoms with Gasteiger partial charge in [-0.2, -0.15) is 0 Å². The number of Topliss-reactive ketones (excluding diaryl/α,β-unsaturated/α-hetero) is 1. The molecule has 1 aromatic carbocycles. The first-order chi connectivity index (χ1) is 10.3. The Morgan fingerprint density at radius 2 is 2.05 bits per heavy atom. The van der Waals surface area contributed by atoms with Crippen LogP contribution in [-0.2, 0) is 9.59 Å². The topological polar surface area (TPSA) is 46.2 Å². The van der Waals surface area contributed by atoms with Gasteiger partial charge in [0.05, 0.1) is 15.5 Å². The molecule has 1 aromatic rings. The number of halogens is 2. The van der Waals surface area contributed by atoms with E-state index in [2.05, 4.69) is 12.2 Å². The van der Waals surface area contributed by atoms with Gasteiger partial charge in [-0.05, 0) is 31.0 Å². The molecule has 0 saturated carbocycles. The summed E-state index contributed by atoms with van der Waals surface area (Å²) in [6, 6.07) is 5.08. The molecule has 0 saturated heterocycles. The van der Waals surface area contributed by atoms with Gasteiger partial charge in [0.2, 0.25) is 5.91 Å². The molecule has 3 nitrogen and oxygen atoms in total. The highest BCUT2D eigenvalue weighted by atomic mass is 35.5. The van der Waals surface area contributed by atoms with Crippen LogP contribution in [0, 0.1) is 12.3 Å². The van der Waals surface area contributed by atoms with Crippen molar-refractivity contribution in [3.8, 4) is 0 Å². The van der Waals surface area contributed by atoms with Gasteiger partial charge < -0.3 is 5.32 Å². The number of benzene rings is 1. The molecule has 0 spiro atoms. The van der Waals surface area contributed by atoms with E-state index in [1.807, 2.05) is 0 Å². The summed E-state index contributed by atoms with van der Waals surface area (Å²) >= 11 is 11.9. The van der Waals surface area contributed by atoms with Gasteiger partial charge in [0.25, 0.3) is 0 Å². The second-order valence-corrected chi connectivity index (χ2v) is 6.10. The number of hydrogen-bond donors (Lipinski definition) is 1. The number of carbonyl (C=O) groups excluding carboxylic acids is 2. The van der Waals surface area contributed by atoms with Gasteiger partial charge in [-0.1, -0.05) is 47.5 Å². The van der Waals surface area contributed by atoms with Crippen LogP contribution in [-0.4, -0.2) is 18.2 Å². The molecule has 1 aliphatic carbocycles. The minimum absolute atomic E-state index is 0.0984. The van der Waals surface area contributed by atoms with Crippen LogP contribution in [0.3, 0.4) is 0 Å². The Labute approximate surface area is 140 Å². The summed E-state index contributed by atoms with van der Waals surface area (Å²) in [6.45, 7) is 5.87. The zero-order chi connectivity index (χ0) is 16.3. The molecule has 1 atom stereocenters. The highest BCUT2D eigenvalue weighted by molar-refractivity contribution is 6.42. The lowest BCUT2D eigenvalue weighted by atomic mass is 9.74. The van der Waals surface area contributed by atoms with Crippen LogP contribution >= 0.6 is 23.2 Å². The van der Waals surface area contributed by atoms with Gasteiger partial charge in [-0.3, -0.25) is 9.59 Å². The van der Waals surface area contributed by atoms with E-state index >= 15 is 0 Å². The lowest BCUT2D eigenvalue weighted by Gasteiger charge is -2.28. The highest BCUT2D eigenvalue weighted by Crippen LogP contribution is 2.36. The quantitative estimate of drug-likeness (QED) is 0.907. The maximum atomic E-state index is 12.7. The normalized spacial score (nSPS) is 20.7. The Morgan fingerprint density at radius 1 is 1.32 bits per heavy atom. The first kappa shape index (κ1) is 16.8. The Kier molecular flexibility index (Phi) is 5.09. The van der Waals surface area contributed by atoms with Crippen molar-refractivity contribution < 1.29 is 9.59 Å². The summed E-state index contributed by atoms with van der Waals surface area (Å²) in [7, 11) is 0. The van der Waals surface area contributed by atoms with E-state index in [1.54, 1.807) is 36.4 Å². The summed E-state index contributed by atoms with van der Waals surface area (Å²) in [5.74, 6) is -0.227. The number of rotatable bonds is 4. The van der Waals surface area contributed by atoms with E-state index in [4.69, 9.17) is 23.2 Å². The van der Waals surface area contributed by atoms with Crippen molar-refractivity contribution in [2.75, 3.05) is 6.54 Å². The third-order valence-corrected chi connectivity index (χ3v) is 4.29. The smallest absolute Gasteiger partial charge is 0.216 e. The average Bonchev–Trinajstić information content (AvgIpc) is 2.45. The zero-order valence-corrected chi connectivity index (χ0v) is 13.7. The van der Waals surface area contributed by atoms with Crippen LogP contribution in [0.15, 0.2) is 36.4 Å². The maximum absolute atomic E-state index is 12.7. The Bertz CT molecular complexity index is 679. The molecule has 0 heterocycles. The van der Waals surface area contributed by atoms with Gasteiger partial charge in [0, 0.05) is 19.0 Å². The summed E-state index contributed by atoms with van der Waals surface area (Å²) in [6.07, 6.45) is 5.74. The minimum atomic E-state index is -0.890. The molecule has 1 N–H and O–H groups in total. The number of carbonyl (C=O) groups is 2. The fraction of sp³-hybridized carbons (Fsp3) is 0.235. The fourth-order valence-corrected chi connectivity index (χ4v) is 2.60. The monoisotopic (exact) mass is 336 g/mol. The molecule has 0 bridgehead atoms. The van der Waals surface area contributed by atoms with Gasteiger partial charge in [0.1, 0.15) is 0 Å². The molecule has 0 aliphatic heterocycles. The molecule has 1 amide bonds. The predicted molar refractivity (Wildman–Crippen MR) is 89.7 cm³/mol. The molecular formula is C17H16Cl2NO2. The third-order valence-electron chi connectivity index (χ3n) is 3.55. The largest absolute Gasteiger partial charge is 0.356 e. The molecule has 0 aromatic heterocycles. The van der Waals surface area contributed by atoms with Crippen LogP contribution < -0.4 is 5.32 Å². The van der Waals surface area contributed by atoms with Crippen LogP contribution in [0.2, 0.25) is 10.0 Å². The van der Waals surface area contributed by atoms with Gasteiger partial charge in [0.15, 0.2) is 5.78 Å². The molecule has 2 rings (SSSR count). The number of amides is 1. The van der Waals surface area contributed by atoms with Crippen molar-refractivity contribution in [2.45, 2.75) is 13.3 Å². The molecule has 1 radical (unpaired) electrons. The van der Waals surface area contributed by atoms with E-state index in [1.165, 1.54) is 6.92 Å².